The molecule has 1 heterocycles. The van der Waals surface area contributed by atoms with Crippen LogP contribution in [0.2, 0.25) is 0 Å². The molecule has 0 spiro atoms. The number of amides is 1. The number of anilines is 1. The molecule has 0 radical (unpaired) electrons. The standard InChI is InChI=1S/C13H17N3O3/c1-9-2-3-11(12(8-9)16(18)19)15-13(17)10-4-6-14-7-5-10/h2-3,8,10,14H,4-7H2,1H3,(H,15,17). The first-order valence-corrected chi connectivity index (χ1v) is 6.34. The van der Waals surface area contributed by atoms with Gasteiger partial charge in [0, 0.05) is 12.0 Å². The van der Waals surface area contributed by atoms with Crippen LogP contribution in [0.1, 0.15) is 18.4 Å². The third-order valence-corrected chi connectivity index (χ3v) is 3.32. The lowest BCUT2D eigenvalue weighted by Crippen LogP contribution is -2.34. The second-order valence-electron chi connectivity index (χ2n) is 4.79. The van der Waals surface area contributed by atoms with Crippen LogP contribution in [-0.4, -0.2) is 23.9 Å². The lowest BCUT2D eigenvalue weighted by molar-refractivity contribution is -0.384. The third kappa shape index (κ3) is 3.29. The molecular weight excluding hydrogens is 246 g/mol. The van der Waals surface area contributed by atoms with Gasteiger partial charge in [0.1, 0.15) is 5.69 Å². The molecule has 19 heavy (non-hydrogen) atoms. The SMILES string of the molecule is Cc1ccc(NC(=O)C2CCNCC2)c([N+](=O)[O-])c1. The molecule has 1 saturated heterocycles. The lowest BCUT2D eigenvalue weighted by atomic mass is 9.97. The molecule has 1 fully saturated rings. The van der Waals surface area contributed by atoms with Crippen molar-refractivity contribution >= 4 is 17.3 Å². The molecule has 1 aliphatic heterocycles. The summed E-state index contributed by atoms with van der Waals surface area (Å²) >= 11 is 0. The van der Waals surface area contributed by atoms with Gasteiger partial charge in [-0.3, -0.25) is 14.9 Å². The van der Waals surface area contributed by atoms with Gasteiger partial charge in [0.05, 0.1) is 4.92 Å². The average molecular weight is 263 g/mol. The molecule has 1 aliphatic rings. The minimum absolute atomic E-state index is 0.0534. The highest BCUT2D eigenvalue weighted by molar-refractivity contribution is 5.94. The van der Waals surface area contributed by atoms with E-state index in [-0.39, 0.29) is 23.2 Å². The Morgan fingerprint density at radius 3 is 2.74 bits per heavy atom. The number of piperidine rings is 1. The van der Waals surface area contributed by atoms with Crippen molar-refractivity contribution in [3.63, 3.8) is 0 Å². The number of carbonyl (C=O) groups is 1. The molecule has 0 atom stereocenters. The second kappa shape index (κ2) is 5.79. The molecule has 2 N–H and O–H groups in total. The summed E-state index contributed by atoms with van der Waals surface area (Å²) in [7, 11) is 0. The Morgan fingerprint density at radius 1 is 1.42 bits per heavy atom. The highest BCUT2D eigenvalue weighted by Crippen LogP contribution is 2.26. The summed E-state index contributed by atoms with van der Waals surface area (Å²) in [4.78, 5) is 22.6. The molecule has 2 rings (SSSR count). The predicted molar refractivity (Wildman–Crippen MR) is 72.1 cm³/mol. The predicted octanol–water partition coefficient (Wildman–Crippen LogP) is 1.84. The summed E-state index contributed by atoms with van der Waals surface area (Å²) in [5.74, 6) is -0.199. The molecule has 1 amide bonds. The van der Waals surface area contributed by atoms with E-state index in [0.29, 0.717) is 0 Å². The zero-order valence-corrected chi connectivity index (χ0v) is 10.8. The van der Waals surface area contributed by atoms with Crippen molar-refractivity contribution in [2.24, 2.45) is 5.92 Å². The first-order chi connectivity index (χ1) is 9.08. The van der Waals surface area contributed by atoms with E-state index in [1.807, 2.05) is 0 Å². The van der Waals surface area contributed by atoms with E-state index in [2.05, 4.69) is 10.6 Å². The fourth-order valence-electron chi connectivity index (χ4n) is 2.22. The summed E-state index contributed by atoms with van der Waals surface area (Å²) < 4.78 is 0. The maximum Gasteiger partial charge on any atom is 0.293 e. The molecule has 1 aromatic rings. The molecule has 0 unspecified atom stereocenters. The number of carbonyl (C=O) groups excluding carboxylic acids is 1. The van der Waals surface area contributed by atoms with Crippen LogP contribution in [0.5, 0.6) is 0 Å². The van der Waals surface area contributed by atoms with Crippen molar-refractivity contribution in [1.82, 2.24) is 5.32 Å². The van der Waals surface area contributed by atoms with E-state index >= 15 is 0 Å². The Balaban J connectivity index is 2.13. The molecule has 0 aromatic heterocycles. The van der Waals surface area contributed by atoms with Gasteiger partial charge in [-0.25, -0.2) is 0 Å². The van der Waals surface area contributed by atoms with E-state index in [4.69, 9.17) is 0 Å². The fraction of sp³-hybridized carbons (Fsp3) is 0.462. The molecule has 0 saturated carbocycles. The lowest BCUT2D eigenvalue weighted by Gasteiger charge is -2.21. The first kappa shape index (κ1) is 13.5. The molecule has 6 nitrogen and oxygen atoms in total. The van der Waals surface area contributed by atoms with Crippen LogP contribution in [0, 0.1) is 23.0 Å². The Morgan fingerprint density at radius 2 is 2.11 bits per heavy atom. The van der Waals surface area contributed by atoms with E-state index in [9.17, 15) is 14.9 Å². The average Bonchev–Trinajstić information content (AvgIpc) is 2.41. The van der Waals surface area contributed by atoms with Gasteiger partial charge < -0.3 is 10.6 Å². The van der Waals surface area contributed by atoms with Crippen molar-refractivity contribution in [2.75, 3.05) is 18.4 Å². The number of aryl methyl sites for hydroxylation is 1. The van der Waals surface area contributed by atoms with Gasteiger partial charge in [-0.2, -0.15) is 0 Å². The Hall–Kier alpha value is -1.95. The van der Waals surface area contributed by atoms with Gasteiger partial charge in [0.15, 0.2) is 0 Å². The van der Waals surface area contributed by atoms with Gasteiger partial charge in [-0.1, -0.05) is 6.07 Å². The molecule has 0 aliphatic carbocycles. The van der Waals surface area contributed by atoms with Crippen molar-refractivity contribution in [3.05, 3.63) is 33.9 Å². The largest absolute Gasteiger partial charge is 0.320 e. The van der Waals surface area contributed by atoms with Crippen LogP contribution in [-0.2, 0) is 4.79 Å². The van der Waals surface area contributed by atoms with Crippen LogP contribution in [0.25, 0.3) is 0 Å². The van der Waals surface area contributed by atoms with Gasteiger partial charge in [-0.15, -0.1) is 0 Å². The van der Waals surface area contributed by atoms with Gasteiger partial charge in [0.25, 0.3) is 5.69 Å². The van der Waals surface area contributed by atoms with E-state index < -0.39 is 4.92 Å². The van der Waals surface area contributed by atoms with Crippen LogP contribution >= 0.6 is 0 Å². The summed E-state index contributed by atoms with van der Waals surface area (Å²) in [6.07, 6.45) is 1.54. The summed E-state index contributed by atoms with van der Waals surface area (Å²) in [6, 6.07) is 4.82. The maximum absolute atomic E-state index is 12.1. The number of nitrogens with one attached hydrogen (secondary N) is 2. The summed E-state index contributed by atoms with van der Waals surface area (Å²) in [6.45, 7) is 3.41. The number of nitrogens with zero attached hydrogens (tertiary/aromatic N) is 1. The molecule has 0 bridgehead atoms. The third-order valence-electron chi connectivity index (χ3n) is 3.32. The van der Waals surface area contributed by atoms with E-state index in [0.717, 1.165) is 31.5 Å². The normalized spacial score (nSPS) is 16.1. The number of rotatable bonds is 3. The monoisotopic (exact) mass is 263 g/mol. The first-order valence-electron chi connectivity index (χ1n) is 6.34. The molecule has 6 heteroatoms. The van der Waals surface area contributed by atoms with Crippen LogP contribution in [0.4, 0.5) is 11.4 Å². The molecule has 1 aromatic carbocycles. The Kier molecular flexibility index (Phi) is 4.11. The van der Waals surface area contributed by atoms with Gasteiger partial charge in [-0.05, 0) is 44.5 Å². The summed E-state index contributed by atoms with van der Waals surface area (Å²) in [5.41, 5.74) is 1.02. The molecular formula is C13H17N3O3. The Labute approximate surface area is 111 Å². The highest BCUT2D eigenvalue weighted by Gasteiger charge is 2.23. The minimum Gasteiger partial charge on any atom is -0.320 e. The quantitative estimate of drug-likeness (QED) is 0.643. The highest BCUT2D eigenvalue weighted by atomic mass is 16.6. The maximum atomic E-state index is 12.1. The number of benzene rings is 1. The number of nitro benzene ring substituents is 1. The second-order valence-corrected chi connectivity index (χ2v) is 4.79. The van der Waals surface area contributed by atoms with E-state index in [1.165, 1.54) is 6.07 Å². The van der Waals surface area contributed by atoms with Crippen molar-refractivity contribution in [2.45, 2.75) is 19.8 Å². The zero-order chi connectivity index (χ0) is 13.8. The van der Waals surface area contributed by atoms with Gasteiger partial charge in [0.2, 0.25) is 5.91 Å². The van der Waals surface area contributed by atoms with Crippen molar-refractivity contribution in [3.8, 4) is 0 Å². The number of nitro groups is 1. The topological polar surface area (TPSA) is 84.3 Å². The van der Waals surface area contributed by atoms with Crippen LogP contribution < -0.4 is 10.6 Å². The zero-order valence-electron chi connectivity index (χ0n) is 10.8. The van der Waals surface area contributed by atoms with Crippen molar-refractivity contribution < 1.29 is 9.72 Å². The minimum atomic E-state index is -0.467. The van der Waals surface area contributed by atoms with E-state index in [1.54, 1.807) is 19.1 Å². The summed E-state index contributed by atoms with van der Waals surface area (Å²) in [5, 5.41) is 16.8. The molecule has 102 valence electrons. The Bertz CT molecular complexity index is 496. The smallest absolute Gasteiger partial charge is 0.293 e. The number of hydrogen-bond donors (Lipinski definition) is 2. The van der Waals surface area contributed by atoms with Gasteiger partial charge >= 0.3 is 0 Å². The van der Waals surface area contributed by atoms with Crippen molar-refractivity contribution in [1.29, 1.82) is 0 Å². The fourth-order valence-corrected chi connectivity index (χ4v) is 2.22. The van der Waals surface area contributed by atoms with Crippen LogP contribution in [0.3, 0.4) is 0 Å². The number of hydrogen-bond acceptors (Lipinski definition) is 4. The van der Waals surface area contributed by atoms with Crippen LogP contribution in [0.15, 0.2) is 18.2 Å².